The van der Waals surface area contributed by atoms with Gasteiger partial charge < -0.3 is 10.2 Å². The third-order valence-electron chi connectivity index (χ3n) is 4.11. The van der Waals surface area contributed by atoms with Crippen LogP contribution in [0, 0.1) is 11.7 Å². The second-order valence-electron chi connectivity index (χ2n) is 5.70. The molecule has 0 aromatic heterocycles. The predicted octanol–water partition coefficient (Wildman–Crippen LogP) is 3.22. The van der Waals surface area contributed by atoms with Crippen LogP contribution in [0.15, 0.2) is 18.2 Å². The summed E-state index contributed by atoms with van der Waals surface area (Å²) in [6.07, 6.45) is 1.50. The van der Waals surface area contributed by atoms with Gasteiger partial charge in [-0.1, -0.05) is 31.5 Å². The van der Waals surface area contributed by atoms with Gasteiger partial charge in [-0.25, -0.2) is 4.39 Å². The number of nitrogens with zero attached hydrogens (tertiary/aromatic N) is 1. The van der Waals surface area contributed by atoms with Crippen molar-refractivity contribution in [2.45, 2.75) is 39.3 Å². The molecule has 0 spiro atoms. The lowest BCUT2D eigenvalue weighted by molar-refractivity contribution is -0.132. The summed E-state index contributed by atoms with van der Waals surface area (Å²) in [6, 6.07) is 5.23. The molecule has 1 aromatic carbocycles. The van der Waals surface area contributed by atoms with Gasteiger partial charge in [-0.3, -0.25) is 4.79 Å². The van der Waals surface area contributed by atoms with Gasteiger partial charge in [0.25, 0.3) is 0 Å². The van der Waals surface area contributed by atoms with Crippen LogP contribution < -0.4 is 5.32 Å². The Balaban J connectivity index is 1.87. The van der Waals surface area contributed by atoms with Gasteiger partial charge >= 0.3 is 0 Å². The van der Waals surface area contributed by atoms with E-state index in [2.05, 4.69) is 12.2 Å². The van der Waals surface area contributed by atoms with Crippen molar-refractivity contribution in [1.82, 2.24) is 10.2 Å². The van der Waals surface area contributed by atoms with Crippen molar-refractivity contribution in [2.24, 2.45) is 5.92 Å². The first kappa shape index (κ1) is 16.2. The van der Waals surface area contributed by atoms with Crippen LogP contribution in [-0.2, 0) is 11.3 Å². The summed E-state index contributed by atoms with van der Waals surface area (Å²) in [5.41, 5.74) is 0.885. The number of carbonyl (C=O) groups is 1. The quantitative estimate of drug-likeness (QED) is 0.926. The second-order valence-corrected chi connectivity index (χ2v) is 6.10. The number of amides is 1. The molecule has 1 saturated heterocycles. The molecule has 1 amide bonds. The largest absolute Gasteiger partial charge is 0.342 e. The number of hydrogen-bond acceptors (Lipinski definition) is 2. The minimum Gasteiger partial charge on any atom is -0.342 e. The molecule has 3 nitrogen and oxygen atoms in total. The van der Waals surface area contributed by atoms with Crippen LogP contribution in [0.1, 0.15) is 32.3 Å². The number of hydrogen-bond donors (Lipinski definition) is 1. The third-order valence-corrected chi connectivity index (χ3v) is 4.42. The maximum absolute atomic E-state index is 13.4. The smallest absolute Gasteiger partial charge is 0.222 e. The highest BCUT2D eigenvalue weighted by Crippen LogP contribution is 2.19. The molecule has 0 radical (unpaired) electrons. The van der Waals surface area contributed by atoms with Crippen molar-refractivity contribution >= 4 is 17.5 Å². The predicted molar refractivity (Wildman–Crippen MR) is 82.7 cm³/mol. The van der Waals surface area contributed by atoms with Crippen LogP contribution >= 0.6 is 11.6 Å². The normalized spacial score (nSPS) is 22.4. The van der Waals surface area contributed by atoms with Crippen molar-refractivity contribution in [3.63, 3.8) is 0 Å². The Bertz CT molecular complexity index is 509. The topological polar surface area (TPSA) is 32.3 Å². The molecule has 1 fully saturated rings. The van der Waals surface area contributed by atoms with Gasteiger partial charge in [0, 0.05) is 32.1 Å². The number of piperidine rings is 1. The van der Waals surface area contributed by atoms with E-state index in [1.165, 1.54) is 6.07 Å². The zero-order valence-corrected chi connectivity index (χ0v) is 13.3. The Morgan fingerprint density at radius 2 is 2.29 bits per heavy atom. The van der Waals surface area contributed by atoms with Crippen molar-refractivity contribution in [3.8, 4) is 0 Å². The molecule has 0 bridgehead atoms. The number of carbonyl (C=O) groups excluding carboxylic acids is 1. The molecular formula is C16H22ClFN2O. The lowest BCUT2D eigenvalue weighted by Crippen LogP contribution is -2.49. The number of likely N-dealkylation sites (tertiary alicyclic amines) is 1. The van der Waals surface area contributed by atoms with Crippen LogP contribution in [-0.4, -0.2) is 29.9 Å². The summed E-state index contributed by atoms with van der Waals surface area (Å²) in [5, 5.41) is 3.62. The third kappa shape index (κ3) is 4.17. The zero-order chi connectivity index (χ0) is 15.4. The van der Waals surface area contributed by atoms with E-state index in [0.29, 0.717) is 24.9 Å². The fraction of sp³-hybridized carbons (Fsp3) is 0.562. The highest BCUT2D eigenvalue weighted by Gasteiger charge is 2.27. The summed E-state index contributed by atoms with van der Waals surface area (Å²) >= 11 is 5.68. The Kier molecular flexibility index (Phi) is 5.59. The maximum atomic E-state index is 13.4. The summed E-state index contributed by atoms with van der Waals surface area (Å²) in [6.45, 7) is 6.25. The Morgan fingerprint density at radius 1 is 1.52 bits per heavy atom. The molecule has 1 aliphatic rings. The maximum Gasteiger partial charge on any atom is 0.222 e. The molecule has 1 aromatic rings. The molecule has 0 saturated carbocycles. The van der Waals surface area contributed by atoms with Crippen LogP contribution in [0.4, 0.5) is 4.39 Å². The first-order valence-corrected chi connectivity index (χ1v) is 7.84. The molecule has 21 heavy (non-hydrogen) atoms. The van der Waals surface area contributed by atoms with Crippen LogP contribution in [0.5, 0.6) is 0 Å². The van der Waals surface area contributed by atoms with E-state index >= 15 is 0 Å². The number of nitrogens with one attached hydrogen (secondary N) is 1. The summed E-state index contributed by atoms with van der Waals surface area (Å²) in [7, 11) is 0. The van der Waals surface area contributed by atoms with E-state index in [4.69, 9.17) is 11.6 Å². The fourth-order valence-electron chi connectivity index (χ4n) is 2.80. The van der Waals surface area contributed by atoms with E-state index in [9.17, 15) is 9.18 Å². The summed E-state index contributed by atoms with van der Waals surface area (Å²) in [5.74, 6) is 0.235. The highest BCUT2D eigenvalue weighted by molar-refractivity contribution is 6.30. The highest BCUT2D eigenvalue weighted by atomic mass is 35.5. The monoisotopic (exact) mass is 312 g/mol. The van der Waals surface area contributed by atoms with Crippen LogP contribution in [0.25, 0.3) is 0 Å². The van der Waals surface area contributed by atoms with E-state index in [1.54, 1.807) is 6.07 Å². The summed E-state index contributed by atoms with van der Waals surface area (Å²) < 4.78 is 13.4. The molecule has 2 atom stereocenters. The van der Waals surface area contributed by atoms with E-state index in [1.807, 2.05) is 17.9 Å². The van der Waals surface area contributed by atoms with Gasteiger partial charge in [-0.15, -0.1) is 0 Å². The molecule has 2 unspecified atom stereocenters. The van der Waals surface area contributed by atoms with Gasteiger partial charge in [-0.2, -0.15) is 0 Å². The van der Waals surface area contributed by atoms with Gasteiger partial charge in [0.15, 0.2) is 0 Å². The lowest BCUT2D eigenvalue weighted by atomic mass is 9.93. The second kappa shape index (κ2) is 7.23. The van der Waals surface area contributed by atoms with Crippen molar-refractivity contribution < 1.29 is 9.18 Å². The number of halogens is 2. The fourth-order valence-corrected chi connectivity index (χ4v) is 2.92. The van der Waals surface area contributed by atoms with Gasteiger partial charge in [0.05, 0.1) is 5.02 Å². The molecule has 2 rings (SSSR count). The number of benzene rings is 1. The summed E-state index contributed by atoms with van der Waals surface area (Å²) in [4.78, 5) is 13.7. The zero-order valence-electron chi connectivity index (χ0n) is 12.5. The van der Waals surface area contributed by atoms with E-state index < -0.39 is 0 Å². The molecule has 116 valence electrons. The molecule has 1 aliphatic heterocycles. The molecule has 1 N–H and O–H groups in total. The Hall–Kier alpha value is -1.13. The van der Waals surface area contributed by atoms with Crippen LogP contribution in [0.3, 0.4) is 0 Å². The first-order valence-electron chi connectivity index (χ1n) is 7.46. The molecule has 5 heteroatoms. The standard InChI is InChI=1S/C16H22ClFN2O/c1-3-16(21)20-7-6-15(11(2)10-20)19-9-12-4-5-13(17)14(18)8-12/h4-5,8,11,15,19H,3,6-7,9-10H2,1-2H3. The van der Waals surface area contributed by atoms with Crippen molar-refractivity contribution in [3.05, 3.63) is 34.6 Å². The van der Waals surface area contributed by atoms with Crippen molar-refractivity contribution in [1.29, 1.82) is 0 Å². The molecule has 0 aliphatic carbocycles. The molecular weight excluding hydrogens is 291 g/mol. The number of rotatable bonds is 4. The minimum absolute atomic E-state index is 0.151. The SMILES string of the molecule is CCC(=O)N1CCC(NCc2ccc(Cl)c(F)c2)C(C)C1. The average molecular weight is 313 g/mol. The molecule has 1 heterocycles. The van der Waals surface area contributed by atoms with Gasteiger partial charge in [0.2, 0.25) is 5.91 Å². The Labute approximate surface area is 130 Å². The average Bonchev–Trinajstić information content (AvgIpc) is 2.48. The van der Waals surface area contributed by atoms with Gasteiger partial charge in [0.1, 0.15) is 5.82 Å². The lowest BCUT2D eigenvalue weighted by Gasteiger charge is -2.37. The minimum atomic E-state index is -0.382. The van der Waals surface area contributed by atoms with Gasteiger partial charge in [-0.05, 0) is 30.0 Å². The van der Waals surface area contributed by atoms with E-state index in [0.717, 1.165) is 25.1 Å². The van der Waals surface area contributed by atoms with Crippen LogP contribution in [0.2, 0.25) is 5.02 Å². The first-order chi connectivity index (χ1) is 10.0. The Morgan fingerprint density at radius 3 is 2.90 bits per heavy atom. The van der Waals surface area contributed by atoms with Crippen molar-refractivity contribution in [2.75, 3.05) is 13.1 Å². The van der Waals surface area contributed by atoms with E-state index in [-0.39, 0.29) is 16.7 Å².